The number of methoxy groups -OCH3 is 1. The van der Waals surface area contributed by atoms with Crippen LogP contribution >= 0.6 is 0 Å². The second kappa shape index (κ2) is 9.82. The van der Waals surface area contributed by atoms with E-state index in [0.29, 0.717) is 5.92 Å². The maximum atomic E-state index is 5.74. The van der Waals surface area contributed by atoms with E-state index < -0.39 is 0 Å². The van der Waals surface area contributed by atoms with Gasteiger partial charge in [-0.1, -0.05) is 26.0 Å². The topological polar surface area (TPSA) is 30.5 Å². The molecule has 1 rings (SSSR count). The first-order valence-electron chi connectivity index (χ1n) is 7.13. The zero-order valence-electron chi connectivity index (χ0n) is 12.4. The standard InChI is InChI=1S/C16H27NO2/c1-14(2)12-17-13-15-7-6-8-16(11-15)19-10-5-4-9-18-3/h6-8,11,14,17H,4-5,9-10,12-13H2,1-3H3. The summed E-state index contributed by atoms with van der Waals surface area (Å²) >= 11 is 0. The van der Waals surface area contributed by atoms with Crippen molar-refractivity contribution in [3.63, 3.8) is 0 Å². The smallest absolute Gasteiger partial charge is 0.119 e. The minimum Gasteiger partial charge on any atom is -0.494 e. The normalized spacial score (nSPS) is 10.9. The fourth-order valence-electron chi connectivity index (χ4n) is 1.79. The summed E-state index contributed by atoms with van der Waals surface area (Å²) in [6.07, 6.45) is 2.08. The molecule has 0 radical (unpaired) electrons. The van der Waals surface area contributed by atoms with E-state index in [-0.39, 0.29) is 0 Å². The van der Waals surface area contributed by atoms with Gasteiger partial charge in [-0.2, -0.15) is 0 Å². The average Bonchev–Trinajstić information content (AvgIpc) is 2.39. The lowest BCUT2D eigenvalue weighted by Gasteiger charge is -2.10. The molecule has 3 heteroatoms. The van der Waals surface area contributed by atoms with Crippen molar-refractivity contribution in [2.45, 2.75) is 33.2 Å². The van der Waals surface area contributed by atoms with Gasteiger partial charge in [-0.05, 0) is 43.0 Å². The molecule has 1 aromatic rings. The first-order valence-corrected chi connectivity index (χ1v) is 7.13. The Labute approximate surface area is 117 Å². The summed E-state index contributed by atoms with van der Waals surface area (Å²) in [5.74, 6) is 1.64. The predicted molar refractivity (Wildman–Crippen MR) is 79.6 cm³/mol. The minimum absolute atomic E-state index is 0.681. The summed E-state index contributed by atoms with van der Waals surface area (Å²) in [7, 11) is 1.73. The Morgan fingerprint density at radius 3 is 2.68 bits per heavy atom. The highest BCUT2D eigenvalue weighted by atomic mass is 16.5. The summed E-state index contributed by atoms with van der Waals surface area (Å²) in [6.45, 7) is 7.94. The van der Waals surface area contributed by atoms with E-state index in [0.717, 1.165) is 44.9 Å². The molecule has 0 aliphatic rings. The summed E-state index contributed by atoms with van der Waals surface area (Å²) in [6, 6.07) is 8.31. The number of ether oxygens (including phenoxy) is 2. The number of benzene rings is 1. The van der Waals surface area contributed by atoms with Gasteiger partial charge in [0.1, 0.15) is 5.75 Å². The first-order chi connectivity index (χ1) is 9.22. The SMILES string of the molecule is COCCCCOc1cccc(CNCC(C)C)c1. The molecule has 0 aliphatic carbocycles. The van der Waals surface area contributed by atoms with E-state index in [2.05, 4.69) is 37.4 Å². The van der Waals surface area contributed by atoms with Gasteiger partial charge in [0.2, 0.25) is 0 Å². The van der Waals surface area contributed by atoms with E-state index >= 15 is 0 Å². The van der Waals surface area contributed by atoms with Crippen molar-refractivity contribution >= 4 is 0 Å². The Hall–Kier alpha value is -1.06. The molecule has 0 atom stereocenters. The largest absolute Gasteiger partial charge is 0.494 e. The minimum atomic E-state index is 0.681. The van der Waals surface area contributed by atoms with Crippen molar-refractivity contribution in [1.29, 1.82) is 0 Å². The zero-order valence-corrected chi connectivity index (χ0v) is 12.4. The van der Waals surface area contributed by atoms with Crippen molar-refractivity contribution < 1.29 is 9.47 Å². The summed E-state index contributed by atoms with van der Waals surface area (Å²) in [5, 5.41) is 3.44. The fourth-order valence-corrected chi connectivity index (χ4v) is 1.79. The van der Waals surface area contributed by atoms with Crippen molar-refractivity contribution in [2.24, 2.45) is 5.92 Å². The van der Waals surface area contributed by atoms with Crippen LogP contribution in [0.5, 0.6) is 5.75 Å². The summed E-state index contributed by atoms with van der Waals surface area (Å²) < 4.78 is 10.8. The van der Waals surface area contributed by atoms with Crippen LogP contribution in [0.15, 0.2) is 24.3 Å². The maximum absolute atomic E-state index is 5.74. The van der Waals surface area contributed by atoms with Gasteiger partial charge in [0.15, 0.2) is 0 Å². The van der Waals surface area contributed by atoms with Gasteiger partial charge in [0.25, 0.3) is 0 Å². The Bertz CT molecular complexity index is 339. The third kappa shape index (κ3) is 7.85. The molecule has 19 heavy (non-hydrogen) atoms. The molecule has 0 saturated heterocycles. The number of nitrogens with one attached hydrogen (secondary N) is 1. The quantitative estimate of drug-likeness (QED) is 0.659. The Morgan fingerprint density at radius 1 is 1.16 bits per heavy atom. The van der Waals surface area contributed by atoms with Crippen molar-refractivity contribution in [3.8, 4) is 5.75 Å². The molecule has 0 bridgehead atoms. The predicted octanol–water partition coefficient (Wildman–Crippen LogP) is 3.24. The summed E-state index contributed by atoms with van der Waals surface area (Å²) in [4.78, 5) is 0. The Kier molecular flexibility index (Phi) is 8.26. The highest BCUT2D eigenvalue weighted by Gasteiger charge is 1.98. The maximum Gasteiger partial charge on any atom is 0.119 e. The van der Waals surface area contributed by atoms with Gasteiger partial charge < -0.3 is 14.8 Å². The van der Waals surface area contributed by atoms with Crippen LogP contribution in [0.3, 0.4) is 0 Å². The average molecular weight is 265 g/mol. The molecule has 1 N–H and O–H groups in total. The van der Waals surface area contributed by atoms with Crippen LogP contribution in [0.1, 0.15) is 32.3 Å². The van der Waals surface area contributed by atoms with Crippen LogP contribution in [-0.4, -0.2) is 26.9 Å². The van der Waals surface area contributed by atoms with Crippen LogP contribution in [0.25, 0.3) is 0 Å². The van der Waals surface area contributed by atoms with Gasteiger partial charge >= 0.3 is 0 Å². The van der Waals surface area contributed by atoms with Gasteiger partial charge in [0.05, 0.1) is 6.61 Å². The van der Waals surface area contributed by atoms with Crippen LogP contribution < -0.4 is 10.1 Å². The lowest BCUT2D eigenvalue weighted by atomic mass is 10.2. The van der Waals surface area contributed by atoms with Crippen LogP contribution in [0.2, 0.25) is 0 Å². The van der Waals surface area contributed by atoms with E-state index in [1.54, 1.807) is 7.11 Å². The molecule has 0 aromatic heterocycles. The Balaban J connectivity index is 2.27. The summed E-state index contributed by atoms with van der Waals surface area (Å²) in [5.41, 5.74) is 1.27. The molecule has 0 saturated carbocycles. The number of unbranched alkanes of at least 4 members (excludes halogenated alkanes) is 1. The third-order valence-electron chi connectivity index (χ3n) is 2.79. The number of rotatable bonds is 10. The number of hydrogen-bond acceptors (Lipinski definition) is 3. The first kappa shape index (κ1) is 16.0. The molecular weight excluding hydrogens is 238 g/mol. The second-order valence-corrected chi connectivity index (χ2v) is 5.22. The molecule has 0 unspecified atom stereocenters. The van der Waals surface area contributed by atoms with E-state index in [1.165, 1.54) is 5.56 Å². The van der Waals surface area contributed by atoms with Crippen LogP contribution in [0.4, 0.5) is 0 Å². The van der Waals surface area contributed by atoms with E-state index in [1.807, 2.05) is 6.07 Å². The van der Waals surface area contributed by atoms with Crippen molar-refractivity contribution in [1.82, 2.24) is 5.32 Å². The van der Waals surface area contributed by atoms with Crippen molar-refractivity contribution in [2.75, 3.05) is 26.9 Å². The van der Waals surface area contributed by atoms with Crippen LogP contribution in [0, 0.1) is 5.92 Å². The van der Waals surface area contributed by atoms with Crippen LogP contribution in [-0.2, 0) is 11.3 Å². The highest BCUT2D eigenvalue weighted by Crippen LogP contribution is 2.13. The van der Waals surface area contributed by atoms with E-state index in [4.69, 9.17) is 9.47 Å². The molecule has 0 amide bonds. The molecular formula is C16H27NO2. The monoisotopic (exact) mass is 265 g/mol. The molecule has 0 heterocycles. The zero-order chi connectivity index (χ0) is 13.9. The van der Waals surface area contributed by atoms with Gasteiger partial charge in [-0.25, -0.2) is 0 Å². The molecule has 0 aliphatic heterocycles. The Morgan fingerprint density at radius 2 is 1.95 bits per heavy atom. The van der Waals surface area contributed by atoms with Gasteiger partial charge in [-0.3, -0.25) is 0 Å². The lowest BCUT2D eigenvalue weighted by molar-refractivity contribution is 0.184. The molecule has 1 aromatic carbocycles. The molecule has 108 valence electrons. The number of hydrogen-bond donors (Lipinski definition) is 1. The molecule has 0 spiro atoms. The third-order valence-corrected chi connectivity index (χ3v) is 2.79. The van der Waals surface area contributed by atoms with Gasteiger partial charge in [0, 0.05) is 20.3 Å². The second-order valence-electron chi connectivity index (χ2n) is 5.22. The lowest BCUT2D eigenvalue weighted by Crippen LogP contribution is -2.18. The van der Waals surface area contributed by atoms with E-state index in [9.17, 15) is 0 Å². The molecule has 0 fully saturated rings. The van der Waals surface area contributed by atoms with Crippen molar-refractivity contribution in [3.05, 3.63) is 29.8 Å². The highest BCUT2D eigenvalue weighted by molar-refractivity contribution is 5.28. The molecule has 3 nitrogen and oxygen atoms in total. The fraction of sp³-hybridized carbons (Fsp3) is 0.625. The van der Waals surface area contributed by atoms with Gasteiger partial charge in [-0.15, -0.1) is 0 Å².